The Morgan fingerprint density at radius 2 is 2.25 bits per heavy atom. The molecule has 5 N–H and O–H groups in total. The number of aliphatic hydroxyl groups excluding tert-OH is 1. The first-order valence-electron chi connectivity index (χ1n) is 5.80. The second kappa shape index (κ2) is 3.36. The fourth-order valence-corrected chi connectivity index (χ4v) is 2.75. The van der Waals surface area contributed by atoms with E-state index in [0.29, 0.717) is 0 Å². The lowest BCUT2D eigenvalue weighted by Crippen LogP contribution is -2.62. The highest BCUT2D eigenvalue weighted by atomic mass is 16.6. The molecule has 1 aromatic rings. The molecule has 1 saturated heterocycles. The number of nitrogen functional groups attached to an aromatic ring is 1. The standard InChI is InChI=1S/C11H12N4O5/c1-9(18)10(4-12,20-7-6(16)11(7,9)19)15-3-2-5(13)14-8(15)17/h2-3,6-7,16,18-19H,1H3,(H2,13,14,17)/t6?,7?,9-,10+,11-/m0/s1. The van der Waals surface area contributed by atoms with Crippen molar-refractivity contribution in [1.29, 1.82) is 5.26 Å². The van der Waals surface area contributed by atoms with Gasteiger partial charge in [0.15, 0.2) is 11.2 Å². The third-order valence-electron chi connectivity index (χ3n) is 4.12. The molecule has 0 bridgehead atoms. The third kappa shape index (κ3) is 1.11. The summed E-state index contributed by atoms with van der Waals surface area (Å²) in [5, 5.41) is 39.7. The molecular weight excluding hydrogens is 268 g/mol. The van der Waals surface area contributed by atoms with Crippen LogP contribution in [0.5, 0.6) is 0 Å². The SMILES string of the molecule is C[C@@]1(O)[C@]2(O)C(O)C2O[C@@]1(C#N)n1ccc(N)nc1=O. The maximum Gasteiger partial charge on any atom is 0.352 e. The van der Waals surface area contributed by atoms with E-state index >= 15 is 0 Å². The average molecular weight is 280 g/mol. The molecule has 20 heavy (non-hydrogen) atoms. The van der Waals surface area contributed by atoms with Crippen LogP contribution in [0.15, 0.2) is 17.1 Å². The Hall–Kier alpha value is -1.99. The number of anilines is 1. The van der Waals surface area contributed by atoms with Crippen molar-refractivity contribution in [3.05, 3.63) is 22.7 Å². The second-order valence-corrected chi connectivity index (χ2v) is 5.14. The first kappa shape index (κ1) is 13.0. The summed E-state index contributed by atoms with van der Waals surface area (Å²) in [7, 11) is 0. The number of nitrogens with zero attached hydrogens (tertiary/aromatic N) is 3. The number of aromatic nitrogens is 2. The molecule has 5 atom stereocenters. The van der Waals surface area contributed by atoms with Gasteiger partial charge in [-0.2, -0.15) is 10.2 Å². The first-order chi connectivity index (χ1) is 9.22. The number of aliphatic hydroxyl groups is 3. The molecule has 9 heteroatoms. The van der Waals surface area contributed by atoms with Gasteiger partial charge in [0.25, 0.3) is 5.72 Å². The Bertz CT molecular complexity index is 695. The lowest BCUT2D eigenvalue weighted by atomic mass is 9.86. The van der Waals surface area contributed by atoms with Crippen molar-refractivity contribution in [2.45, 2.75) is 36.1 Å². The summed E-state index contributed by atoms with van der Waals surface area (Å²) in [4.78, 5) is 15.3. The smallest absolute Gasteiger partial charge is 0.352 e. The van der Waals surface area contributed by atoms with Crippen LogP contribution >= 0.6 is 0 Å². The number of fused-ring (bicyclic) bond motifs is 1. The minimum atomic E-state index is -2.21. The van der Waals surface area contributed by atoms with Gasteiger partial charge in [-0.3, -0.25) is 4.57 Å². The van der Waals surface area contributed by atoms with Gasteiger partial charge in [-0.25, -0.2) is 4.79 Å². The molecule has 9 nitrogen and oxygen atoms in total. The molecule has 2 heterocycles. The van der Waals surface area contributed by atoms with Crippen LogP contribution < -0.4 is 11.4 Å². The van der Waals surface area contributed by atoms with E-state index in [1.807, 2.05) is 0 Å². The molecule has 0 radical (unpaired) electrons. The molecule has 0 amide bonds. The van der Waals surface area contributed by atoms with Crippen LogP contribution in [0.4, 0.5) is 5.82 Å². The van der Waals surface area contributed by atoms with E-state index in [2.05, 4.69) is 4.98 Å². The highest BCUT2D eigenvalue weighted by Gasteiger charge is 2.87. The Labute approximate surface area is 112 Å². The van der Waals surface area contributed by atoms with E-state index < -0.39 is 34.8 Å². The van der Waals surface area contributed by atoms with Gasteiger partial charge in [0.05, 0.1) is 0 Å². The van der Waals surface area contributed by atoms with E-state index in [4.69, 9.17) is 10.5 Å². The van der Waals surface area contributed by atoms with Crippen molar-refractivity contribution in [1.82, 2.24) is 9.55 Å². The Balaban J connectivity index is 2.21. The van der Waals surface area contributed by atoms with Crippen molar-refractivity contribution >= 4 is 5.82 Å². The second-order valence-electron chi connectivity index (χ2n) is 5.14. The summed E-state index contributed by atoms with van der Waals surface area (Å²) in [6.45, 7) is 1.12. The van der Waals surface area contributed by atoms with E-state index in [9.17, 15) is 25.4 Å². The minimum Gasteiger partial charge on any atom is -0.387 e. The lowest BCUT2D eigenvalue weighted by Gasteiger charge is -2.38. The van der Waals surface area contributed by atoms with Crippen molar-refractivity contribution in [2.75, 3.05) is 5.73 Å². The molecule has 1 saturated carbocycles. The van der Waals surface area contributed by atoms with Crippen molar-refractivity contribution in [2.24, 2.45) is 0 Å². The van der Waals surface area contributed by atoms with Gasteiger partial charge in [0.1, 0.15) is 24.1 Å². The molecule has 0 aromatic carbocycles. The van der Waals surface area contributed by atoms with Crippen LogP contribution in [-0.4, -0.2) is 48.3 Å². The Morgan fingerprint density at radius 3 is 2.70 bits per heavy atom. The molecular formula is C11H12N4O5. The molecule has 106 valence electrons. The van der Waals surface area contributed by atoms with Gasteiger partial charge in [0, 0.05) is 6.20 Å². The molecule has 0 spiro atoms. The number of ether oxygens (including phenoxy) is 1. The van der Waals surface area contributed by atoms with Gasteiger partial charge in [-0.05, 0) is 13.0 Å². The van der Waals surface area contributed by atoms with Crippen LogP contribution in [0.1, 0.15) is 6.92 Å². The summed E-state index contributed by atoms with van der Waals surface area (Å²) >= 11 is 0. The van der Waals surface area contributed by atoms with Gasteiger partial charge in [0.2, 0.25) is 0 Å². The van der Waals surface area contributed by atoms with Crippen molar-refractivity contribution in [3.8, 4) is 6.07 Å². The monoisotopic (exact) mass is 280 g/mol. The highest BCUT2D eigenvalue weighted by Crippen LogP contribution is 2.61. The maximum absolute atomic E-state index is 11.9. The molecule has 2 unspecified atom stereocenters. The highest BCUT2D eigenvalue weighted by molar-refractivity contribution is 5.37. The van der Waals surface area contributed by atoms with E-state index in [0.717, 1.165) is 17.7 Å². The Kier molecular flexibility index (Phi) is 2.19. The molecule has 1 aliphatic heterocycles. The molecule has 3 rings (SSSR count). The van der Waals surface area contributed by atoms with Crippen LogP contribution in [0.25, 0.3) is 0 Å². The first-order valence-corrected chi connectivity index (χ1v) is 5.80. The number of nitrogens with two attached hydrogens (primary N) is 1. The average Bonchev–Trinajstić information content (AvgIpc) is 2.83. The largest absolute Gasteiger partial charge is 0.387 e. The van der Waals surface area contributed by atoms with Gasteiger partial charge >= 0.3 is 5.69 Å². The summed E-state index contributed by atoms with van der Waals surface area (Å²) in [5.41, 5.74) is -1.96. The fourth-order valence-electron chi connectivity index (χ4n) is 2.75. The van der Waals surface area contributed by atoms with E-state index in [1.54, 1.807) is 6.07 Å². The number of hydrogen-bond acceptors (Lipinski definition) is 8. The zero-order valence-electron chi connectivity index (χ0n) is 10.4. The maximum atomic E-state index is 11.9. The fraction of sp³-hybridized carbons (Fsp3) is 0.545. The lowest BCUT2D eigenvalue weighted by molar-refractivity contribution is -0.200. The summed E-state index contributed by atoms with van der Waals surface area (Å²) in [6.07, 6.45) is -1.33. The van der Waals surface area contributed by atoms with Crippen LogP contribution in [-0.2, 0) is 10.5 Å². The number of hydrogen-bond donors (Lipinski definition) is 4. The minimum absolute atomic E-state index is 0.0547. The predicted molar refractivity (Wildman–Crippen MR) is 62.9 cm³/mol. The topological polar surface area (TPSA) is 155 Å². The van der Waals surface area contributed by atoms with Gasteiger partial charge < -0.3 is 25.8 Å². The molecule has 2 fully saturated rings. The zero-order valence-corrected chi connectivity index (χ0v) is 10.4. The molecule has 1 aromatic heterocycles. The van der Waals surface area contributed by atoms with Gasteiger partial charge in [-0.1, -0.05) is 0 Å². The summed E-state index contributed by atoms with van der Waals surface area (Å²) < 4.78 is 6.03. The van der Waals surface area contributed by atoms with Gasteiger partial charge in [-0.15, -0.1) is 0 Å². The third-order valence-corrected chi connectivity index (χ3v) is 4.12. The van der Waals surface area contributed by atoms with E-state index in [-0.39, 0.29) is 5.82 Å². The normalized spacial score (nSPS) is 45.8. The molecule has 1 aliphatic carbocycles. The summed E-state index contributed by atoms with van der Waals surface area (Å²) in [5.74, 6) is -0.0547. The van der Waals surface area contributed by atoms with Crippen LogP contribution in [0.3, 0.4) is 0 Å². The summed E-state index contributed by atoms with van der Waals surface area (Å²) in [6, 6.07) is 2.94. The van der Waals surface area contributed by atoms with E-state index in [1.165, 1.54) is 6.07 Å². The van der Waals surface area contributed by atoms with Crippen molar-refractivity contribution < 1.29 is 20.1 Å². The Morgan fingerprint density at radius 1 is 1.60 bits per heavy atom. The predicted octanol–water partition coefficient (Wildman–Crippen LogP) is -2.74. The molecule has 2 aliphatic rings. The van der Waals surface area contributed by atoms with Crippen LogP contribution in [0.2, 0.25) is 0 Å². The number of nitriles is 1. The zero-order chi connectivity index (χ0) is 14.9. The van der Waals surface area contributed by atoms with Crippen molar-refractivity contribution in [3.63, 3.8) is 0 Å². The number of rotatable bonds is 1. The van der Waals surface area contributed by atoms with Crippen LogP contribution in [0, 0.1) is 11.3 Å². The quantitative estimate of drug-likeness (QED) is 0.431.